The molecule has 0 aromatic rings. The van der Waals surface area contributed by atoms with Gasteiger partial charge in [0.2, 0.25) is 0 Å². The molecular weight excluding hydrogens is 230 g/mol. The van der Waals surface area contributed by atoms with Crippen LogP contribution in [-0.2, 0) is 0 Å². The second kappa shape index (κ2) is 9.16. The Morgan fingerprint density at radius 2 is 1.83 bits per heavy atom. The van der Waals surface area contributed by atoms with E-state index in [9.17, 15) is 4.79 Å². The van der Waals surface area contributed by atoms with Gasteiger partial charge in [0, 0.05) is 39.3 Å². The van der Waals surface area contributed by atoms with Crippen LogP contribution in [0.3, 0.4) is 0 Å². The first-order valence-electron chi connectivity index (χ1n) is 7.15. The van der Waals surface area contributed by atoms with Gasteiger partial charge in [0.15, 0.2) is 0 Å². The number of rotatable bonds is 8. The molecular formula is C13H27N3O2. The van der Waals surface area contributed by atoms with Crippen LogP contribution in [0.5, 0.6) is 0 Å². The molecule has 2 N–H and O–H groups in total. The van der Waals surface area contributed by atoms with E-state index in [2.05, 4.69) is 17.1 Å². The van der Waals surface area contributed by atoms with E-state index in [4.69, 9.17) is 5.11 Å². The summed E-state index contributed by atoms with van der Waals surface area (Å²) in [5.41, 5.74) is 0. The SMILES string of the molecule is CCCCCCNCCN1CCN(C(=O)O)CC1. The number of hydrogen-bond acceptors (Lipinski definition) is 3. The van der Waals surface area contributed by atoms with Crippen molar-refractivity contribution in [1.82, 2.24) is 15.1 Å². The number of nitrogens with zero attached hydrogens (tertiary/aromatic N) is 2. The summed E-state index contributed by atoms with van der Waals surface area (Å²) >= 11 is 0. The third kappa shape index (κ3) is 6.21. The minimum absolute atomic E-state index is 0.645. The molecule has 0 spiro atoms. The van der Waals surface area contributed by atoms with Crippen LogP contribution in [0.4, 0.5) is 4.79 Å². The summed E-state index contributed by atoms with van der Waals surface area (Å²) < 4.78 is 0. The highest BCUT2D eigenvalue weighted by molar-refractivity contribution is 5.65. The number of piperazine rings is 1. The molecule has 0 radical (unpaired) electrons. The fourth-order valence-electron chi connectivity index (χ4n) is 2.20. The molecule has 106 valence electrons. The standard InChI is InChI=1S/C13H27N3O2/c1-2-3-4-5-6-14-7-8-15-9-11-16(12-10-15)13(17)18/h14H,2-12H2,1H3,(H,17,18). The number of hydrogen-bond donors (Lipinski definition) is 2. The first kappa shape index (κ1) is 15.2. The highest BCUT2D eigenvalue weighted by Gasteiger charge is 2.19. The van der Waals surface area contributed by atoms with Crippen LogP contribution in [-0.4, -0.2) is 66.8 Å². The summed E-state index contributed by atoms with van der Waals surface area (Å²) in [6.45, 7) is 8.39. The number of nitrogens with one attached hydrogen (secondary N) is 1. The molecule has 1 fully saturated rings. The molecule has 0 unspecified atom stereocenters. The van der Waals surface area contributed by atoms with Crippen LogP contribution in [0.2, 0.25) is 0 Å². The van der Waals surface area contributed by atoms with Gasteiger partial charge in [-0.3, -0.25) is 4.90 Å². The molecule has 0 aromatic heterocycles. The number of carboxylic acid groups (broad SMARTS) is 1. The van der Waals surface area contributed by atoms with E-state index in [-0.39, 0.29) is 0 Å². The predicted octanol–water partition coefficient (Wildman–Crippen LogP) is 1.45. The van der Waals surface area contributed by atoms with Crippen LogP contribution in [0, 0.1) is 0 Å². The number of carbonyl (C=O) groups is 1. The van der Waals surface area contributed by atoms with Crippen LogP contribution < -0.4 is 5.32 Å². The molecule has 5 heteroatoms. The van der Waals surface area contributed by atoms with Gasteiger partial charge in [-0.25, -0.2) is 4.79 Å². The highest BCUT2D eigenvalue weighted by Crippen LogP contribution is 2.01. The summed E-state index contributed by atoms with van der Waals surface area (Å²) in [5, 5.41) is 12.3. The van der Waals surface area contributed by atoms with E-state index in [0.717, 1.165) is 32.7 Å². The molecule has 1 aliphatic heterocycles. The normalized spacial score (nSPS) is 17.1. The Labute approximate surface area is 110 Å². The van der Waals surface area contributed by atoms with Crippen molar-refractivity contribution in [3.63, 3.8) is 0 Å². The number of unbranched alkanes of at least 4 members (excludes halogenated alkanes) is 3. The van der Waals surface area contributed by atoms with Gasteiger partial charge < -0.3 is 15.3 Å². The second-order valence-corrected chi connectivity index (χ2v) is 4.92. The maximum absolute atomic E-state index is 10.7. The molecule has 1 amide bonds. The van der Waals surface area contributed by atoms with Gasteiger partial charge in [-0.15, -0.1) is 0 Å². The average Bonchev–Trinajstić information content (AvgIpc) is 2.38. The van der Waals surface area contributed by atoms with Crippen molar-refractivity contribution in [2.45, 2.75) is 32.6 Å². The Kier molecular flexibility index (Phi) is 7.76. The summed E-state index contributed by atoms with van der Waals surface area (Å²) in [6.07, 6.45) is 4.41. The monoisotopic (exact) mass is 257 g/mol. The lowest BCUT2D eigenvalue weighted by atomic mass is 10.2. The van der Waals surface area contributed by atoms with Crippen LogP contribution in [0.15, 0.2) is 0 Å². The lowest BCUT2D eigenvalue weighted by molar-refractivity contribution is 0.106. The van der Waals surface area contributed by atoms with Gasteiger partial charge >= 0.3 is 6.09 Å². The van der Waals surface area contributed by atoms with Crippen molar-refractivity contribution in [2.75, 3.05) is 45.8 Å². The molecule has 5 nitrogen and oxygen atoms in total. The molecule has 0 atom stereocenters. The summed E-state index contributed by atoms with van der Waals surface area (Å²) in [6, 6.07) is 0. The molecule has 1 rings (SSSR count). The lowest BCUT2D eigenvalue weighted by Crippen LogP contribution is -2.49. The van der Waals surface area contributed by atoms with Crippen molar-refractivity contribution < 1.29 is 9.90 Å². The third-order valence-electron chi connectivity index (χ3n) is 3.45. The molecule has 1 heterocycles. The van der Waals surface area contributed by atoms with Crippen molar-refractivity contribution in [3.8, 4) is 0 Å². The van der Waals surface area contributed by atoms with Crippen molar-refractivity contribution in [3.05, 3.63) is 0 Å². The van der Waals surface area contributed by atoms with E-state index < -0.39 is 6.09 Å². The van der Waals surface area contributed by atoms with Gasteiger partial charge in [0.05, 0.1) is 0 Å². The molecule has 1 aliphatic rings. The molecule has 0 aliphatic carbocycles. The van der Waals surface area contributed by atoms with Crippen molar-refractivity contribution in [2.24, 2.45) is 0 Å². The van der Waals surface area contributed by atoms with E-state index in [1.807, 2.05) is 0 Å². The van der Waals surface area contributed by atoms with Gasteiger partial charge in [0.1, 0.15) is 0 Å². The van der Waals surface area contributed by atoms with Crippen LogP contribution in [0.25, 0.3) is 0 Å². The number of amides is 1. The molecule has 0 saturated carbocycles. The molecule has 18 heavy (non-hydrogen) atoms. The molecule has 1 saturated heterocycles. The first-order chi connectivity index (χ1) is 8.74. The summed E-state index contributed by atoms with van der Waals surface area (Å²) in [5.74, 6) is 0. The maximum Gasteiger partial charge on any atom is 0.407 e. The van der Waals surface area contributed by atoms with Crippen molar-refractivity contribution >= 4 is 6.09 Å². The molecule has 0 bridgehead atoms. The van der Waals surface area contributed by atoms with Crippen LogP contribution in [0.1, 0.15) is 32.6 Å². The predicted molar refractivity (Wildman–Crippen MR) is 73.0 cm³/mol. The Morgan fingerprint density at radius 3 is 2.44 bits per heavy atom. The van der Waals surface area contributed by atoms with Crippen LogP contribution >= 0.6 is 0 Å². The quantitative estimate of drug-likeness (QED) is 0.646. The fraction of sp³-hybridized carbons (Fsp3) is 0.923. The van der Waals surface area contributed by atoms with Gasteiger partial charge in [-0.05, 0) is 13.0 Å². The lowest BCUT2D eigenvalue weighted by Gasteiger charge is -2.33. The fourth-order valence-corrected chi connectivity index (χ4v) is 2.20. The zero-order valence-electron chi connectivity index (χ0n) is 11.5. The average molecular weight is 257 g/mol. The van der Waals surface area contributed by atoms with E-state index in [1.165, 1.54) is 30.6 Å². The second-order valence-electron chi connectivity index (χ2n) is 4.92. The minimum atomic E-state index is -0.788. The maximum atomic E-state index is 10.7. The Bertz CT molecular complexity index is 228. The Hall–Kier alpha value is -0.810. The summed E-state index contributed by atoms with van der Waals surface area (Å²) in [7, 11) is 0. The van der Waals surface area contributed by atoms with Crippen molar-refractivity contribution in [1.29, 1.82) is 0 Å². The van der Waals surface area contributed by atoms with Gasteiger partial charge in [-0.1, -0.05) is 26.2 Å². The third-order valence-corrected chi connectivity index (χ3v) is 3.45. The first-order valence-corrected chi connectivity index (χ1v) is 7.15. The smallest absolute Gasteiger partial charge is 0.407 e. The highest BCUT2D eigenvalue weighted by atomic mass is 16.4. The van der Waals surface area contributed by atoms with E-state index in [0.29, 0.717) is 13.1 Å². The summed E-state index contributed by atoms with van der Waals surface area (Å²) in [4.78, 5) is 14.6. The van der Waals surface area contributed by atoms with Gasteiger partial charge in [0.25, 0.3) is 0 Å². The Balaban J connectivity index is 1.93. The zero-order chi connectivity index (χ0) is 13.2. The van der Waals surface area contributed by atoms with Gasteiger partial charge in [-0.2, -0.15) is 0 Å². The zero-order valence-corrected chi connectivity index (χ0v) is 11.5. The topological polar surface area (TPSA) is 55.8 Å². The van der Waals surface area contributed by atoms with E-state index in [1.54, 1.807) is 0 Å². The largest absolute Gasteiger partial charge is 0.465 e. The Morgan fingerprint density at radius 1 is 1.11 bits per heavy atom. The van der Waals surface area contributed by atoms with E-state index >= 15 is 0 Å². The molecule has 0 aromatic carbocycles. The minimum Gasteiger partial charge on any atom is -0.465 e.